The first kappa shape index (κ1) is 8.30. The Labute approximate surface area is 78.2 Å². The summed E-state index contributed by atoms with van der Waals surface area (Å²) in [6.07, 6.45) is 0.688. The molecular weight excluding hydrogens is 162 g/mol. The first-order valence-corrected chi connectivity index (χ1v) is 4.57. The smallest absolute Gasteiger partial charge is 0.229 e. The van der Waals surface area contributed by atoms with Crippen LogP contribution in [-0.4, -0.2) is 11.9 Å². The molecule has 0 bridgehead atoms. The van der Waals surface area contributed by atoms with Gasteiger partial charge in [0.2, 0.25) is 5.91 Å². The fourth-order valence-electron chi connectivity index (χ4n) is 1.75. The number of anilines is 1. The van der Waals surface area contributed by atoms with Gasteiger partial charge in [-0.3, -0.25) is 4.79 Å². The lowest BCUT2D eigenvalue weighted by Crippen LogP contribution is -2.51. The summed E-state index contributed by atoms with van der Waals surface area (Å²) in [6.45, 7) is 4.11. The SMILES string of the molecule is Cc1cccc(N2C(=O)CC2C)c1. The van der Waals surface area contributed by atoms with Crippen LogP contribution in [0.3, 0.4) is 0 Å². The largest absolute Gasteiger partial charge is 0.309 e. The van der Waals surface area contributed by atoms with Gasteiger partial charge in [-0.1, -0.05) is 12.1 Å². The molecule has 13 heavy (non-hydrogen) atoms. The second-order valence-corrected chi connectivity index (χ2v) is 3.66. The zero-order valence-corrected chi connectivity index (χ0v) is 7.95. The Balaban J connectivity index is 2.30. The third-order valence-electron chi connectivity index (χ3n) is 2.46. The van der Waals surface area contributed by atoms with E-state index in [-0.39, 0.29) is 5.91 Å². The van der Waals surface area contributed by atoms with E-state index in [1.54, 1.807) is 0 Å². The van der Waals surface area contributed by atoms with E-state index in [1.165, 1.54) is 5.56 Å². The van der Waals surface area contributed by atoms with Crippen molar-refractivity contribution in [1.82, 2.24) is 0 Å². The van der Waals surface area contributed by atoms with Gasteiger partial charge in [0.05, 0.1) is 0 Å². The lowest BCUT2D eigenvalue weighted by molar-refractivity contribution is -0.123. The highest BCUT2D eigenvalue weighted by molar-refractivity contribution is 6.00. The number of carbonyl (C=O) groups is 1. The van der Waals surface area contributed by atoms with Gasteiger partial charge >= 0.3 is 0 Å². The van der Waals surface area contributed by atoms with Crippen LogP contribution in [0.5, 0.6) is 0 Å². The van der Waals surface area contributed by atoms with Crippen LogP contribution in [-0.2, 0) is 4.79 Å². The molecule has 1 aromatic carbocycles. The molecular formula is C11H13NO. The van der Waals surface area contributed by atoms with Crippen molar-refractivity contribution >= 4 is 11.6 Å². The molecule has 0 spiro atoms. The van der Waals surface area contributed by atoms with Crippen LogP contribution < -0.4 is 4.90 Å². The van der Waals surface area contributed by atoms with Gasteiger partial charge in [0.25, 0.3) is 0 Å². The van der Waals surface area contributed by atoms with Gasteiger partial charge in [0, 0.05) is 18.2 Å². The van der Waals surface area contributed by atoms with Gasteiger partial charge < -0.3 is 4.90 Å². The molecule has 1 amide bonds. The van der Waals surface area contributed by atoms with Crippen LogP contribution in [0.2, 0.25) is 0 Å². The molecule has 0 radical (unpaired) electrons. The molecule has 1 aliphatic rings. The van der Waals surface area contributed by atoms with Crippen molar-refractivity contribution in [3.8, 4) is 0 Å². The Morgan fingerprint density at radius 1 is 1.46 bits per heavy atom. The number of carbonyl (C=O) groups excluding carboxylic acids is 1. The summed E-state index contributed by atoms with van der Waals surface area (Å²) in [4.78, 5) is 13.1. The van der Waals surface area contributed by atoms with Crippen molar-refractivity contribution in [2.45, 2.75) is 26.3 Å². The number of nitrogens with zero attached hydrogens (tertiary/aromatic N) is 1. The quantitative estimate of drug-likeness (QED) is 0.599. The van der Waals surface area contributed by atoms with Crippen LogP contribution >= 0.6 is 0 Å². The number of hydrogen-bond acceptors (Lipinski definition) is 1. The van der Waals surface area contributed by atoms with Crippen LogP contribution in [0.25, 0.3) is 0 Å². The summed E-state index contributed by atoms with van der Waals surface area (Å²) in [7, 11) is 0. The molecule has 1 aliphatic heterocycles. The van der Waals surface area contributed by atoms with Crippen LogP contribution in [0.4, 0.5) is 5.69 Å². The highest BCUT2D eigenvalue weighted by Crippen LogP contribution is 2.27. The third-order valence-corrected chi connectivity index (χ3v) is 2.46. The summed E-state index contributed by atoms with van der Waals surface area (Å²) in [6, 6.07) is 8.43. The molecule has 2 nitrogen and oxygen atoms in total. The summed E-state index contributed by atoms with van der Waals surface area (Å²) in [5.41, 5.74) is 2.23. The predicted octanol–water partition coefficient (Wildman–Crippen LogP) is 2.12. The molecule has 1 saturated heterocycles. The Bertz CT molecular complexity index is 346. The monoisotopic (exact) mass is 175 g/mol. The Kier molecular flexibility index (Phi) is 1.83. The number of aryl methyl sites for hydroxylation is 1. The maximum Gasteiger partial charge on any atom is 0.229 e. The molecule has 1 aromatic rings. The molecule has 68 valence electrons. The van der Waals surface area contributed by atoms with Crippen molar-refractivity contribution in [2.24, 2.45) is 0 Å². The Hall–Kier alpha value is -1.31. The molecule has 1 unspecified atom stereocenters. The topological polar surface area (TPSA) is 20.3 Å². The Morgan fingerprint density at radius 3 is 2.77 bits per heavy atom. The van der Waals surface area contributed by atoms with E-state index in [0.29, 0.717) is 12.5 Å². The maximum atomic E-state index is 11.3. The van der Waals surface area contributed by atoms with Crippen LogP contribution in [0.1, 0.15) is 18.9 Å². The second kappa shape index (κ2) is 2.87. The van der Waals surface area contributed by atoms with Gasteiger partial charge in [-0.2, -0.15) is 0 Å². The first-order valence-electron chi connectivity index (χ1n) is 4.57. The second-order valence-electron chi connectivity index (χ2n) is 3.66. The molecule has 1 fully saturated rings. The minimum atomic E-state index is 0.234. The summed E-state index contributed by atoms with van der Waals surface area (Å²) >= 11 is 0. The highest BCUT2D eigenvalue weighted by Gasteiger charge is 2.33. The van der Waals surface area contributed by atoms with Crippen LogP contribution in [0, 0.1) is 6.92 Å². The van der Waals surface area contributed by atoms with Crippen molar-refractivity contribution in [1.29, 1.82) is 0 Å². The predicted molar refractivity (Wildman–Crippen MR) is 52.7 cm³/mol. The van der Waals surface area contributed by atoms with E-state index >= 15 is 0 Å². The number of β-lactam (4-membered cyclic amide) rings is 1. The molecule has 0 N–H and O–H groups in total. The third kappa shape index (κ3) is 1.32. The summed E-state index contributed by atoms with van der Waals surface area (Å²) < 4.78 is 0. The molecule has 2 rings (SSSR count). The zero-order valence-electron chi connectivity index (χ0n) is 7.95. The fourth-order valence-corrected chi connectivity index (χ4v) is 1.75. The lowest BCUT2D eigenvalue weighted by atomic mass is 10.0. The molecule has 1 heterocycles. The van der Waals surface area contributed by atoms with Crippen LogP contribution in [0.15, 0.2) is 24.3 Å². The van der Waals surface area contributed by atoms with E-state index in [0.717, 1.165) is 5.69 Å². The van der Waals surface area contributed by atoms with Gasteiger partial charge in [-0.05, 0) is 31.5 Å². The average molecular weight is 175 g/mol. The molecule has 1 atom stereocenters. The minimum absolute atomic E-state index is 0.234. The molecule has 0 aromatic heterocycles. The highest BCUT2D eigenvalue weighted by atomic mass is 16.2. The fraction of sp³-hybridized carbons (Fsp3) is 0.364. The van der Waals surface area contributed by atoms with E-state index < -0.39 is 0 Å². The van der Waals surface area contributed by atoms with Gasteiger partial charge in [-0.25, -0.2) is 0 Å². The van der Waals surface area contributed by atoms with E-state index in [2.05, 4.69) is 6.92 Å². The number of rotatable bonds is 1. The molecule has 2 heteroatoms. The normalized spacial score (nSPS) is 21.5. The standard InChI is InChI=1S/C11H13NO/c1-8-4-3-5-10(6-8)12-9(2)7-11(12)13/h3-6,9H,7H2,1-2H3. The summed E-state index contributed by atoms with van der Waals surface area (Å²) in [5.74, 6) is 0.234. The van der Waals surface area contributed by atoms with Crippen molar-refractivity contribution < 1.29 is 4.79 Å². The Morgan fingerprint density at radius 2 is 2.23 bits per heavy atom. The summed E-state index contributed by atoms with van der Waals surface area (Å²) in [5, 5.41) is 0. The maximum absolute atomic E-state index is 11.3. The molecule has 0 saturated carbocycles. The van der Waals surface area contributed by atoms with Gasteiger partial charge in [0.15, 0.2) is 0 Å². The van der Waals surface area contributed by atoms with E-state index in [9.17, 15) is 4.79 Å². The van der Waals surface area contributed by atoms with E-state index in [4.69, 9.17) is 0 Å². The number of benzene rings is 1. The van der Waals surface area contributed by atoms with Crippen molar-refractivity contribution in [3.05, 3.63) is 29.8 Å². The van der Waals surface area contributed by atoms with Gasteiger partial charge in [-0.15, -0.1) is 0 Å². The molecule has 0 aliphatic carbocycles. The lowest BCUT2D eigenvalue weighted by Gasteiger charge is -2.38. The zero-order chi connectivity index (χ0) is 9.42. The van der Waals surface area contributed by atoms with Gasteiger partial charge in [0.1, 0.15) is 0 Å². The van der Waals surface area contributed by atoms with E-state index in [1.807, 2.05) is 36.1 Å². The average Bonchev–Trinajstić information content (AvgIpc) is 2.03. The van der Waals surface area contributed by atoms with Crippen molar-refractivity contribution in [3.63, 3.8) is 0 Å². The number of amides is 1. The number of hydrogen-bond donors (Lipinski definition) is 0. The minimum Gasteiger partial charge on any atom is -0.309 e. The van der Waals surface area contributed by atoms with Crippen molar-refractivity contribution in [2.75, 3.05) is 4.90 Å². The first-order chi connectivity index (χ1) is 6.18.